The van der Waals surface area contributed by atoms with Crippen molar-refractivity contribution < 1.29 is 37.0 Å². The van der Waals surface area contributed by atoms with E-state index in [0.717, 1.165) is 12.1 Å². The lowest BCUT2D eigenvalue weighted by atomic mass is 10.0. The van der Waals surface area contributed by atoms with Crippen LogP contribution in [-0.4, -0.2) is 74.3 Å². The first-order chi connectivity index (χ1) is 23.9. The molecule has 5 N–H and O–H groups in total. The van der Waals surface area contributed by atoms with E-state index in [1.165, 1.54) is 24.1 Å². The van der Waals surface area contributed by atoms with Crippen molar-refractivity contribution >= 4 is 40.5 Å². The predicted octanol–water partition coefficient (Wildman–Crippen LogP) is 5.95. The molecule has 3 heterocycles. The topological polar surface area (TPSA) is 187 Å². The SMILES string of the molecule is COCC(C)Nc1nc(Oc2cccc3[nH]c(=O)c(N)nc23)cc(-c2ccc(C(F)(F)F)cc2NC(=O)[C@@H]2CC[C@H](C)N2C(=O)OC(C)(C)C)n1. The highest BCUT2D eigenvalue weighted by Crippen LogP contribution is 2.38. The van der Waals surface area contributed by atoms with E-state index < -0.39 is 40.9 Å². The lowest BCUT2D eigenvalue weighted by Gasteiger charge is -2.31. The van der Waals surface area contributed by atoms with E-state index in [4.69, 9.17) is 19.9 Å². The number of aromatic amines is 1. The third-order valence-electron chi connectivity index (χ3n) is 7.88. The van der Waals surface area contributed by atoms with Gasteiger partial charge in [-0.3, -0.25) is 14.5 Å². The van der Waals surface area contributed by atoms with Gasteiger partial charge in [0.2, 0.25) is 17.7 Å². The molecule has 1 unspecified atom stereocenters. The number of anilines is 3. The van der Waals surface area contributed by atoms with Crippen LogP contribution in [-0.2, 0) is 20.4 Å². The lowest BCUT2D eigenvalue weighted by Crippen LogP contribution is -2.48. The number of nitrogens with two attached hydrogens (primary N) is 1. The van der Waals surface area contributed by atoms with Crippen LogP contribution >= 0.6 is 0 Å². The molecule has 0 saturated carbocycles. The first-order valence-corrected chi connectivity index (χ1v) is 16.1. The highest BCUT2D eigenvalue weighted by Gasteiger charge is 2.41. The van der Waals surface area contributed by atoms with Crippen molar-refractivity contribution in [1.82, 2.24) is 24.8 Å². The summed E-state index contributed by atoms with van der Waals surface area (Å²) in [6, 6.07) is 7.35. The molecule has 0 spiro atoms. The summed E-state index contributed by atoms with van der Waals surface area (Å²) in [4.78, 5) is 56.0. The minimum absolute atomic E-state index is 0.0334. The fourth-order valence-corrected chi connectivity index (χ4v) is 5.61. The number of H-pyrrole nitrogens is 1. The Hall–Kier alpha value is -5.45. The van der Waals surface area contributed by atoms with E-state index in [9.17, 15) is 27.6 Å². The number of hydrogen-bond acceptors (Lipinski definition) is 11. The number of nitrogen functional groups attached to an aromatic ring is 1. The number of amides is 2. The molecule has 1 aliphatic heterocycles. The van der Waals surface area contributed by atoms with Crippen molar-refractivity contribution in [2.24, 2.45) is 0 Å². The van der Waals surface area contributed by atoms with Gasteiger partial charge in [0.15, 0.2) is 11.6 Å². The standard InChI is InChI=1S/C34H39F3N8O6/c1-17(16-49-6)39-31-42-23(15-26(43-31)50-25-9-7-8-21-27(25)44-28(38)30(47)40-21)20-12-11-19(34(35,36)37)14-22(20)41-29(46)24-13-10-18(2)45(24)32(48)51-33(3,4)5/h7-9,11-12,14-15,17-18,24H,10,13,16H2,1-6H3,(H2,38,44)(H,40,47)(H,41,46)(H,39,42,43)/t17?,18-,24-/m0/s1. The Labute approximate surface area is 290 Å². The summed E-state index contributed by atoms with van der Waals surface area (Å²) in [5.74, 6) is -0.842. The Kier molecular flexibility index (Phi) is 10.4. The van der Waals surface area contributed by atoms with E-state index in [-0.39, 0.29) is 71.0 Å². The molecule has 1 saturated heterocycles. The number of fused-ring (bicyclic) bond motifs is 1. The van der Waals surface area contributed by atoms with Crippen LogP contribution in [0, 0.1) is 0 Å². The number of benzene rings is 2. The third kappa shape index (κ3) is 8.65. The summed E-state index contributed by atoms with van der Waals surface area (Å²) in [7, 11) is 1.51. The highest BCUT2D eigenvalue weighted by molar-refractivity contribution is 6.00. The number of aromatic nitrogens is 4. The predicted molar refractivity (Wildman–Crippen MR) is 183 cm³/mol. The van der Waals surface area contributed by atoms with Crippen LogP contribution in [0.1, 0.15) is 53.0 Å². The second-order valence-electron chi connectivity index (χ2n) is 13.2. The normalized spacial score (nSPS) is 16.9. The summed E-state index contributed by atoms with van der Waals surface area (Å²) in [5.41, 5.74) is 3.86. The number of nitrogens with zero attached hydrogens (tertiary/aromatic N) is 4. The fourth-order valence-electron chi connectivity index (χ4n) is 5.61. The molecule has 14 nitrogen and oxygen atoms in total. The van der Waals surface area contributed by atoms with Gasteiger partial charge in [0.25, 0.3) is 5.56 Å². The monoisotopic (exact) mass is 712 g/mol. The van der Waals surface area contributed by atoms with Crippen LogP contribution in [0.2, 0.25) is 0 Å². The zero-order valence-electron chi connectivity index (χ0n) is 28.8. The van der Waals surface area contributed by atoms with E-state index >= 15 is 0 Å². The maximum atomic E-state index is 14.0. The van der Waals surface area contributed by atoms with Gasteiger partial charge in [-0.25, -0.2) is 14.8 Å². The highest BCUT2D eigenvalue weighted by atomic mass is 19.4. The molecule has 3 atom stereocenters. The Morgan fingerprint density at radius 2 is 1.84 bits per heavy atom. The number of hydrogen-bond donors (Lipinski definition) is 4. The van der Waals surface area contributed by atoms with Gasteiger partial charge in [0.1, 0.15) is 17.2 Å². The van der Waals surface area contributed by atoms with Crippen molar-refractivity contribution in [1.29, 1.82) is 0 Å². The number of rotatable bonds is 9. The smallest absolute Gasteiger partial charge is 0.416 e. The summed E-state index contributed by atoms with van der Waals surface area (Å²) in [6.45, 7) is 8.92. The Morgan fingerprint density at radius 3 is 2.53 bits per heavy atom. The van der Waals surface area contributed by atoms with E-state index in [2.05, 4.69) is 30.6 Å². The molecular formula is C34H39F3N8O6. The molecule has 0 radical (unpaired) electrons. The number of likely N-dealkylation sites (tertiary alicyclic amines) is 1. The number of methoxy groups -OCH3 is 1. The average Bonchev–Trinajstić information content (AvgIpc) is 3.42. The van der Waals surface area contributed by atoms with E-state index in [1.807, 2.05) is 0 Å². The molecule has 51 heavy (non-hydrogen) atoms. The second-order valence-corrected chi connectivity index (χ2v) is 13.2. The van der Waals surface area contributed by atoms with Crippen molar-refractivity contribution in [3.8, 4) is 22.9 Å². The molecule has 272 valence electrons. The Morgan fingerprint density at radius 1 is 1.10 bits per heavy atom. The molecule has 0 bridgehead atoms. The lowest BCUT2D eigenvalue weighted by molar-refractivity contribution is -0.137. The van der Waals surface area contributed by atoms with Gasteiger partial charge in [0.05, 0.1) is 29.1 Å². The number of carbonyl (C=O) groups excluding carboxylic acids is 2. The minimum atomic E-state index is -4.74. The van der Waals surface area contributed by atoms with Crippen molar-refractivity contribution in [2.75, 3.05) is 30.1 Å². The van der Waals surface area contributed by atoms with E-state index in [1.54, 1.807) is 52.8 Å². The van der Waals surface area contributed by atoms with Crippen molar-refractivity contribution in [3.63, 3.8) is 0 Å². The van der Waals surface area contributed by atoms with Crippen LogP contribution in [0.5, 0.6) is 11.6 Å². The number of nitrogens with one attached hydrogen (secondary N) is 3. The fraction of sp³-hybridized carbons (Fsp3) is 0.412. The first-order valence-electron chi connectivity index (χ1n) is 16.1. The molecule has 1 fully saturated rings. The van der Waals surface area contributed by atoms with Crippen LogP contribution in [0.3, 0.4) is 0 Å². The zero-order valence-corrected chi connectivity index (χ0v) is 28.8. The van der Waals surface area contributed by atoms with Gasteiger partial charge in [0, 0.05) is 30.8 Å². The Balaban J connectivity index is 1.58. The molecule has 2 amide bonds. The quantitative estimate of drug-likeness (QED) is 0.161. The molecular weight excluding hydrogens is 673 g/mol. The van der Waals surface area contributed by atoms with Crippen LogP contribution in [0.25, 0.3) is 22.3 Å². The van der Waals surface area contributed by atoms with Crippen molar-refractivity contribution in [2.45, 2.75) is 77.4 Å². The average molecular weight is 713 g/mol. The zero-order chi connectivity index (χ0) is 37.2. The van der Waals surface area contributed by atoms with Crippen LogP contribution < -0.4 is 26.7 Å². The minimum Gasteiger partial charge on any atom is -0.444 e. The van der Waals surface area contributed by atoms with Crippen LogP contribution in [0.4, 0.5) is 35.4 Å². The van der Waals surface area contributed by atoms with Gasteiger partial charge in [-0.05, 0) is 71.7 Å². The number of alkyl halides is 3. The van der Waals surface area contributed by atoms with Gasteiger partial charge >= 0.3 is 12.3 Å². The molecule has 5 rings (SSSR count). The molecule has 2 aromatic heterocycles. The van der Waals surface area contributed by atoms with Crippen molar-refractivity contribution in [3.05, 3.63) is 58.4 Å². The second kappa shape index (κ2) is 14.4. The molecule has 0 aliphatic carbocycles. The van der Waals surface area contributed by atoms with Gasteiger partial charge in [-0.15, -0.1) is 0 Å². The number of para-hydroxylation sites is 1. The summed E-state index contributed by atoms with van der Waals surface area (Å²) in [6.07, 6.45) is -4.69. The van der Waals surface area contributed by atoms with Gasteiger partial charge in [-0.2, -0.15) is 18.2 Å². The third-order valence-corrected chi connectivity index (χ3v) is 7.88. The molecule has 17 heteroatoms. The first kappa shape index (κ1) is 36.8. The molecule has 4 aromatic rings. The molecule has 2 aromatic carbocycles. The number of ether oxygens (including phenoxy) is 3. The van der Waals surface area contributed by atoms with E-state index in [0.29, 0.717) is 11.9 Å². The van der Waals surface area contributed by atoms with Gasteiger partial charge < -0.3 is 35.6 Å². The maximum absolute atomic E-state index is 14.0. The molecule has 1 aliphatic rings. The number of carbonyl (C=O) groups is 2. The largest absolute Gasteiger partial charge is 0.444 e. The summed E-state index contributed by atoms with van der Waals surface area (Å²) in [5, 5.41) is 5.71. The summed E-state index contributed by atoms with van der Waals surface area (Å²) >= 11 is 0. The number of halogens is 3. The summed E-state index contributed by atoms with van der Waals surface area (Å²) < 4.78 is 58.8. The van der Waals surface area contributed by atoms with Crippen LogP contribution in [0.15, 0.2) is 47.3 Å². The Bertz CT molecular complexity index is 2000. The van der Waals surface area contributed by atoms with Gasteiger partial charge in [-0.1, -0.05) is 12.1 Å². The maximum Gasteiger partial charge on any atom is 0.416 e.